The van der Waals surface area contributed by atoms with Crippen molar-refractivity contribution in [2.24, 2.45) is 11.8 Å². The van der Waals surface area contributed by atoms with Gasteiger partial charge in [-0.15, -0.1) is 0 Å². The number of esters is 4. The van der Waals surface area contributed by atoms with Crippen LogP contribution in [0.25, 0.3) is 0 Å². The SMILES string of the molecule is CCCCCCCCCCCCCCCCCCCC(=O)O[C@H](COC(=O)CCCCCCCCCCCCCC)COP(=O)(O)OC[C@H](O)COP(=O)(O)OC[C@@H](COC(=O)CCCCCCCCCCCCCCCCC(C)C)OC(=O)CCCCCCCCCCCCCCCCCCCCC(C)CC. The lowest BCUT2D eigenvalue weighted by Crippen LogP contribution is -2.30. The summed E-state index contributed by atoms with van der Waals surface area (Å²) in [6.45, 7) is 9.79. The van der Waals surface area contributed by atoms with Crippen LogP contribution in [0, 0.1) is 11.8 Å². The van der Waals surface area contributed by atoms with Crippen LogP contribution in [0.15, 0.2) is 0 Å². The lowest BCUT2D eigenvalue weighted by molar-refractivity contribution is -0.161. The van der Waals surface area contributed by atoms with E-state index in [1.165, 1.54) is 295 Å². The minimum atomic E-state index is -4.97. The molecule has 3 N–H and O–H groups in total. The first-order chi connectivity index (χ1) is 52.4. The van der Waals surface area contributed by atoms with Gasteiger partial charge in [-0.3, -0.25) is 37.3 Å². The Hall–Kier alpha value is -1.94. The molecule has 642 valence electrons. The first-order valence-electron chi connectivity index (χ1n) is 46.0. The Morgan fingerprint density at radius 2 is 0.472 bits per heavy atom. The van der Waals surface area contributed by atoms with Gasteiger partial charge in [-0.1, -0.05) is 427 Å². The van der Waals surface area contributed by atoms with Crippen LogP contribution in [0.2, 0.25) is 0 Å². The molecule has 0 aliphatic rings. The monoisotopic (exact) mass is 1580 g/mol. The van der Waals surface area contributed by atoms with Crippen molar-refractivity contribution in [3.8, 4) is 0 Å². The molecule has 0 aliphatic carbocycles. The highest BCUT2D eigenvalue weighted by molar-refractivity contribution is 7.47. The molecule has 0 aliphatic heterocycles. The lowest BCUT2D eigenvalue weighted by atomic mass is 9.99. The number of aliphatic hydroxyl groups is 1. The van der Waals surface area contributed by atoms with Crippen molar-refractivity contribution in [1.29, 1.82) is 0 Å². The average molecular weight is 1580 g/mol. The second-order valence-corrected chi connectivity index (χ2v) is 35.6. The second-order valence-electron chi connectivity index (χ2n) is 32.7. The van der Waals surface area contributed by atoms with Crippen molar-refractivity contribution in [2.75, 3.05) is 39.6 Å². The van der Waals surface area contributed by atoms with Gasteiger partial charge < -0.3 is 33.8 Å². The normalized spacial score (nSPS) is 14.0. The zero-order valence-corrected chi connectivity index (χ0v) is 73.0. The number of carbonyl (C=O) groups is 4. The van der Waals surface area contributed by atoms with Crippen molar-refractivity contribution in [1.82, 2.24) is 0 Å². The van der Waals surface area contributed by atoms with E-state index in [9.17, 15) is 43.2 Å². The number of hydrogen-bond acceptors (Lipinski definition) is 15. The quantitative estimate of drug-likeness (QED) is 0.0222. The first kappa shape index (κ1) is 106. The van der Waals surface area contributed by atoms with E-state index in [0.717, 1.165) is 102 Å². The van der Waals surface area contributed by atoms with E-state index >= 15 is 0 Å². The summed E-state index contributed by atoms with van der Waals surface area (Å²) < 4.78 is 69.0. The molecule has 0 bridgehead atoms. The van der Waals surface area contributed by atoms with Gasteiger partial charge in [0, 0.05) is 25.7 Å². The molecule has 0 heterocycles. The molecule has 3 unspecified atom stereocenters. The molecule has 0 aromatic carbocycles. The van der Waals surface area contributed by atoms with Gasteiger partial charge in [0.1, 0.15) is 19.3 Å². The molecule has 0 spiro atoms. The van der Waals surface area contributed by atoms with E-state index in [1.54, 1.807) is 0 Å². The predicted octanol–water partition coefficient (Wildman–Crippen LogP) is 27.4. The second kappa shape index (κ2) is 80.3. The molecule has 0 aromatic heterocycles. The van der Waals surface area contributed by atoms with E-state index in [1.807, 2.05) is 0 Å². The summed E-state index contributed by atoms with van der Waals surface area (Å²) >= 11 is 0. The summed E-state index contributed by atoms with van der Waals surface area (Å²) in [7, 11) is -9.93. The fraction of sp³-hybridized carbons (Fsp3) is 0.955. The Bertz CT molecular complexity index is 2070. The molecule has 19 heteroatoms. The smallest absolute Gasteiger partial charge is 0.462 e. The maximum Gasteiger partial charge on any atom is 0.472 e. The number of phosphoric ester groups is 2. The highest BCUT2D eigenvalue weighted by atomic mass is 31.2. The summed E-state index contributed by atoms with van der Waals surface area (Å²) in [5.74, 6) is -0.426. The topological polar surface area (TPSA) is 237 Å². The minimum absolute atomic E-state index is 0.109. The van der Waals surface area contributed by atoms with Crippen LogP contribution in [0.5, 0.6) is 0 Å². The Morgan fingerprint density at radius 1 is 0.269 bits per heavy atom. The molecule has 108 heavy (non-hydrogen) atoms. The van der Waals surface area contributed by atoms with Crippen LogP contribution in [-0.4, -0.2) is 96.7 Å². The Labute approximate surface area is 664 Å². The summed E-state index contributed by atoms with van der Waals surface area (Å²) in [6, 6.07) is 0. The summed E-state index contributed by atoms with van der Waals surface area (Å²) in [5, 5.41) is 10.7. The molecule has 0 rings (SSSR count). The fourth-order valence-corrected chi connectivity index (χ4v) is 15.5. The maximum atomic E-state index is 13.2. The van der Waals surface area contributed by atoms with Gasteiger partial charge in [-0.2, -0.15) is 0 Å². The van der Waals surface area contributed by atoms with Crippen molar-refractivity contribution in [2.45, 2.75) is 496 Å². The van der Waals surface area contributed by atoms with E-state index in [-0.39, 0.29) is 25.7 Å². The molecule has 17 nitrogen and oxygen atoms in total. The van der Waals surface area contributed by atoms with Crippen molar-refractivity contribution in [3.63, 3.8) is 0 Å². The standard InChI is InChI=1S/C89H174O17P2/c1-7-10-12-14-16-18-20-22-23-26-30-37-43-49-55-61-67-73-88(93)105-84(77-99-86(91)71-65-59-53-47-41-21-19-17-15-13-11-8-2)79-103-107(95,96)101-75-83(90)76-102-108(97,98)104-80-85(78-100-87(92)72-66-60-54-48-42-36-33-32-34-39-45-51-57-63-69-81(4)5)106-89(94)74-68-62-56-50-44-38-31-28-25-24-27-29-35-40-46-52-58-64-70-82(6)9-3/h81-85,90H,7-80H2,1-6H3,(H,95,96)(H,97,98)/t82?,83-,84+,85+/m0/s1. The molecule has 0 saturated carbocycles. The van der Waals surface area contributed by atoms with Crippen molar-refractivity contribution >= 4 is 39.5 Å². The third-order valence-electron chi connectivity index (χ3n) is 21.3. The van der Waals surface area contributed by atoms with Crippen molar-refractivity contribution < 1.29 is 80.2 Å². The Kier molecular flexibility index (Phi) is 78.8. The predicted molar refractivity (Wildman–Crippen MR) is 446 cm³/mol. The van der Waals surface area contributed by atoms with Crippen LogP contribution < -0.4 is 0 Å². The van der Waals surface area contributed by atoms with Crippen molar-refractivity contribution in [3.05, 3.63) is 0 Å². The average Bonchev–Trinajstić information content (AvgIpc) is 0.898. The van der Waals surface area contributed by atoms with Crippen LogP contribution in [0.4, 0.5) is 0 Å². The molecular formula is C89H174O17P2. The molecule has 0 fully saturated rings. The summed E-state index contributed by atoms with van der Waals surface area (Å²) in [4.78, 5) is 73.4. The molecule has 0 saturated heterocycles. The van der Waals surface area contributed by atoms with Crippen LogP contribution in [0.1, 0.15) is 478 Å². The summed E-state index contributed by atoms with van der Waals surface area (Å²) in [5.41, 5.74) is 0. The lowest BCUT2D eigenvalue weighted by Gasteiger charge is -2.21. The minimum Gasteiger partial charge on any atom is -0.462 e. The van der Waals surface area contributed by atoms with Crippen LogP contribution >= 0.6 is 15.6 Å². The van der Waals surface area contributed by atoms with Gasteiger partial charge >= 0.3 is 39.5 Å². The zero-order valence-electron chi connectivity index (χ0n) is 71.2. The van der Waals surface area contributed by atoms with Gasteiger partial charge in [-0.05, 0) is 37.5 Å². The fourth-order valence-electron chi connectivity index (χ4n) is 13.9. The number of phosphoric acid groups is 2. The number of rotatable bonds is 88. The highest BCUT2D eigenvalue weighted by Crippen LogP contribution is 2.45. The third-order valence-corrected chi connectivity index (χ3v) is 23.2. The molecule has 0 radical (unpaired) electrons. The zero-order chi connectivity index (χ0) is 79.2. The number of unbranched alkanes of at least 4 members (excludes halogenated alkanes) is 57. The van der Waals surface area contributed by atoms with Crippen LogP contribution in [0.3, 0.4) is 0 Å². The van der Waals surface area contributed by atoms with Gasteiger partial charge in [0.05, 0.1) is 26.4 Å². The highest BCUT2D eigenvalue weighted by Gasteiger charge is 2.31. The molecular weight excluding hydrogens is 1400 g/mol. The summed E-state index contributed by atoms with van der Waals surface area (Å²) in [6.07, 6.45) is 73.5. The Morgan fingerprint density at radius 3 is 0.704 bits per heavy atom. The number of ether oxygens (including phenoxy) is 4. The van der Waals surface area contributed by atoms with Crippen LogP contribution in [-0.2, 0) is 65.4 Å². The van der Waals surface area contributed by atoms with E-state index in [0.29, 0.717) is 25.7 Å². The molecule has 0 amide bonds. The largest absolute Gasteiger partial charge is 0.472 e. The number of aliphatic hydroxyl groups excluding tert-OH is 1. The third kappa shape index (κ3) is 80.7. The van der Waals surface area contributed by atoms with Gasteiger partial charge in [-0.25, -0.2) is 9.13 Å². The van der Waals surface area contributed by atoms with Gasteiger partial charge in [0.15, 0.2) is 12.2 Å². The number of hydrogen-bond donors (Lipinski definition) is 3. The van der Waals surface area contributed by atoms with E-state index in [2.05, 4.69) is 41.5 Å². The molecule has 0 aromatic rings. The van der Waals surface area contributed by atoms with E-state index < -0.39 is 97.5 Å². The first-order valence-corrected chi connectivity index (χ1v) is 49.0. The Balaban J connectivity index is 5.25. The van der Waals surface area contributed by atoms with E-state index in [4.69, 9.17) is 37.0 Å². The van der Waals surface area contributed by atoms with Gasteiger partial charge in [0.2, 0.25) is 0 Å². The number of carbonyl (C=O) groups excluding carboxylic acids is 4. The maximum absolute atomic E-state index is 13.2. The molecule has 6 atom stereocenters. The van der Waals surface area contributed by atoms with Gasteiger partial charge in [0.25, 0.3) is 0 Å².